The Morgan fingerprint density at radius 2 is 1.72 bits per heavy atom. The van der Waals surface area contributed by atoms with E-state index in [1.54, 1.807) is 55.6 Å². The summed E-state index contributed by atoms with van der Waals surface area (Å²) in [4.78, 5) is 32.4. The maximum Gasteiger partial charge on any atom is 0.324 e. The van der Waals surface area contributed by atoms with Gasteiger partial charge in [-0.05, 0) is 62.7 Å². The number of aromatic nitrogens is 2. The highest BCUT2D eigenvalue weighted by molar-refractivity contribution is 7.90. The summed E-state index contributed by atoms with van der Waals surface area (Å²) in [5, 5.41) is 0.975. The minimum absolute atomic E-state index is 0.0439. The average molecular weight is 522 g/mol. The number of hydrogen-bond acceptors (Lipinski definition) is 5. The Bertz CT molecular complexity index is 1510. The summed E-state index contributed by atoms with van der Waals surface area (Å²) >= 11 is 4.60. The number of rotatable bonds is 6. The molecule has 0 radical (unpaired) electrons. The molecule has 5 rings (SSSR count). The minimum atomic E-state index is -1.59. The summed E-state index contributed by atoms with van der Waals surface area (Å²) in [6.45, 7) is 6.21. The molecular formula is C27H24ClN3O4S. The number of imide groups is 1. The van der Waals surface area contributed by atoms with Crippen LogP contribution in [-0.4, -0.2) is 33.0 Å². The molecule has 3 aromatic carbocycles. The Kier molecular flexibility index (Phi) is 6.28. The molecule has 1 aromatic heterocycles. The number of amides is 2. The maximum absolute atomic E-state index is 13.8. The highest BCUT2D eigenvalue weighted by Crippen LogP contribution is 2.39. The van der Waals surface area contributed by atoms with Gasteiger partial charge in [0.1, 0.15) is 11.5 Å². The third-order valence-electron chi connectivity index (χ3n) is 6.52. The predicted octanol–water partition coefficient (Wildman–Crippen LogP) is 5.44. The van der Waals surface area contributed by atoms with E-state index in [0.29, 0.717) is 50.4 Å². The number of nitrogens with zero attached hydrogens (tertiary/aromatic N) is 3. The second-order valence-electron chi connectivity index (χ2n) is 8.60. The lowest BCUT2D eigenvalue weighted by Crippen LogP contribution is -2.31. The molecule has 9 heteroatoms. The first-order chi connectivity index (χ1) is 17.3. The van der Waals surface area contributed by atoms with Crippen LogP contribution in [0.15, 0.2) is 53.7 Å². The van der Waals surface area contributed by atoms with E-state index >= 15 is 0 Å². The van der Waals surface area contributed by atoms with Crippen LogP contribution in [-0.2, 0) is 23.5 Å². The number of aryl methyl sites for hydroxylation is 2. The van der Waals surface area contributed by atoms with Crippen LogP contribution in [0, 0.1) is 13.8 Å². The van der Waals surface area contributed by atoms with Gasteiger partial charge in [-0.25, -0.2) is 4.90 Å². The van der Waals surface area contributed by atoms with Crippen molar-refractivity contribution in [3.8, 4) is 5.75 Å². The van der Waals surface area contributed by atoms with Crippen molar-refractivity contribution < 1.29 is 18.9 Å². The van der Waals surface area contributed by atoms with Gasteiger partial charge in [-0.3, -0.25) is 14.2 Å². The Labute approximate surface area is 216 Å². The Balaban J connectivity index is 1.63. The number of hydrogen-bond donors (Lipinski definition) is 0. The summed E-state index contributed by atoms with van der Waals surface area (Å²) in [5.41, 5.74) is 4.70. The topological polar surface area (TPSA) is 87.5 Å². The van der Waals surface area contributed by atoms with Gasteiger partial charge in [0, 0.05) is 33.9 Å². The molecule has 1 aliphatic heterocycles. The molecule has 0 aliphatic carbocycles. The number of fused-ring (bicyclic) bond motifs is 2. The molecule has 7 nitrogen and oxygen atoms in total. The fourth-order valence-electron chi connectivity index (χ4n) is 4.84. The maximum atomic E-state index is 13.8. The molecule has 0 bridgehead atoms. The third kappa shape index (κ3) is 3.77. The average Bonchev–Trinajstić information content (AvgIpc) is 3.35. The van der Waals surface area contributed by atoms with Crippen LogP contribution in [0.25, 0.3) is 11.0 Å². The number of methoxy groups -OCH3 is 1. The monoisotopic (exact) mass is 521 g/mol. The van der Waals surface area contributed by atoms with Gasteiger partial charge in [-0.2, -0.15) is 4.98 Å². The second kappa shape index (κ2) is 9.28. The van der Waals surface area contributed by atoms with Gasteiger partial charge in [0.2, 0.25) is 0 Å². The van der Waals surface area contributed by atoms with Crippen LogP contribution in [0.5, 0.6) is 5.75 Å². The SMILES string of the molecule is CCn1c([S+]([O-])Cc2c(N3C(=O)c4ccccc4C3=O)cc(C)c(OC)c2C)nc2ccc(Cl)cc21. The Hall–Kier alpha value is -3.33. The quantitative estimate of drug-likeness (QED) is 0.249. The molecule has 184 valence electrons. The zero-order chi connectivity index (χ0) is 25.7. The first kappa shape index (κ1) is 24.4. The number of halogens is 1. The van der Waals surface area contributed by atoms with Crippen LogP contribution in [0.1, 0.15) is 44.3 Å². The number of anilines is 1. The summed E-state index contributed by atoms with van der Waals surface area (Å²) < 4.78 is 21.3. The van der Waals surface area contributed by atoms with Gasteiger partial charge >= 0.3 is 5.16 Å². The molecular weight excluding hydrogens is 498 g/mol. The van der Waals surface area contributed by atoms with Crippen molar-refractivity contribution in [2.45, 2.75) is 38.2 Å². The van der Waals surface area contributed by atoms with Crippen molar-refractivity contribution in [2.24, 2.45) is 0 Å². The van der Waals surface area contributed by atoms with E-state index in [9.17, 15) is 14.1 Å². The van der Waals surface area contributed by atoms with Crippen molar-refractivity contribution in [1.29, 1.82) is 0 Å². The Morgan fingerprint density at radius 3 is 2.33 bits per heavy atom. The van der Waals surface area contributed by atoms with Crippen LogP contribution in [0.4, 0.5) is 5.69 Å². The van der Waals surface area contributed by atoms with Crippen LogP contribution >= 0.6 is 11.6 Å². The van der Waals surface area contributed by atoms with Gasteiger partial charge in [0.15, 0.2) is 0 Å². The van der Waals surface area contributed by atoms with Gasteiger partial charge in [-0.1, -0.05) is 23.7 Å². The number of carbonyl (C=O) groups is 2. The Morgan fingerprint density at radius 1 is 1.06 bits per heavy atom. The highest BCUT2D eigenvalue weighted by Gasteiger charge is 2.39. The van der Waals surface area contributed by atoms with Crippen LogP contribution in [0.2, 0.25) is 5.02 Å². The number of carbonyl (C=O) groups excluding carboxylic acids is 2. The highest BCUT2D eigenvalue weighted by atomic mass is 35.5. The third-order valence-corrected chi connectivity index (χ3v) is 8.03. The van der Waals surface area contributed by atoms with E-state index in [1.807, 2.05) is 25.3 Å². The zero-order valence-corrected chi connectivity index (χ0v) is 21.9. The first-order valence-corrected chi connectivity index (χ1v) is 13.2. The number of ether oxygens (including phenoxy) is 1. The van der Waals surface area contributed by atoms with E-state index in [-0.39, 0.29) is 5.75 Å². The molecule has 2 heterocycles. The van der Waals surface area contributed by atoms with Crippen molar-refractivity contribution in [2.75, 3.05) is 12.0 Å². The second-order valence-corrected chi connectivity index (χ2v) is 10.4. The van der Waals surface area contributed by atoms with Gasteiger partial charge in [-0.15, -0.1) is 0 Å². The summed E-state index contributed by atoms with van der Waals surface area (Å²) in [7, 11) is 1.57. The summed E-state index contributed by atoms with van der Waals surface area (Å²) in [5.74, 6) is -0.135. The fraction of sp³-hybridized carbons (Fsp3) is 0.222. The fourth-order valence-corrected chi connectivity index (χ4v) is 6.43. The molecule has 36 heavy (non-hydrogen) atoms. The van der Waals surface area contributed by atoms with E-state index < -0.39 is 23.0 Å². The molecule has 4 aromatic rings. The van der Waals surface area contributed by atoms with Crippen molar-refractivity contribution >= 4 is 51.3 Å². The normalized spacial score (nSPS) is 14.0. The predicted molar refractivity (Wildman–Crippen MR) is 141 cm³/mol. The van der Waals surface area contributed by atoms with Crippen LogP contribution in [0.3, 0.4) is 0 Å². The number of imidazole rings is 1. The zero-order valence-electron chi connectivity index (χ0n) is 20.3. The summed E-state index contributed by atoms with van der Waals surface area (Å²) in [6.07, 6.45) is 0. The van der Waals surface area contributed by atoms with Gasteiger partial charge < -0.3 is 9.29 Å². The van der Waals surface area contributed by atoms with Crippen molar-refractivity contribution in [1.82, 2.24) is 9.55 Å². The standard InChI is InChI=1S/C27H24ClN3O4S/c1-5-30-23-13-17(28)10-11-21(23)29-27(30)36(34)14-20-16(3)24(35-4)15(2)12-22(20)31-25(32)18-8-6-7-9-19(18)26(31)33/h6-13H,5,14H2,1-4H3. The first-order valence-electron chi connectivity index (χ1n) is 11.5. The molecule has 0 N–H and O–H groups in total. The van der Waals surface area contributed by atoms with Crippen LogP contribution < -0.4 is 9.64 Å². The molecule has 0 spiro atoms. The molecule has 2 amide bonds. The number of benzene rings is 3. The van der Waals surface area contributed by atoms with Gasteiger partial charge in [0.05, 0.1) is 35.0 Å². The minimum Gasteiger partial charge on any atom is -0.609 e. The molecule has 1 atom stereocenters. The lowest BCUT2D eigenvalue weighted by molar-refractivity contribution is 0.0926. The smallest absolute Gasteiger partial charge is 0.324 e. The van der Waals surface area contributed by atoms with E-state index in [2.05, 4.69) is 4.98 Å². The van der Waals surface area contributed by atoms with E-state index in [1.165, 1.54) is 4.90 Å². The lowest BCUT2D eigenvalue weighted by atomic mass is 10.0. The molecule has 1 aliphatic rings. The molecule has 0 fully saturated rings. The largest absolute Gasteiger partial charge is 0.609 e. The molecule has 0 saturated carbocycles. The molecule has 0 saturated heterocycles. The summed E-state index contributed by atoms with van der Waals surface area (Å²) in [6, 6.07) is 13.9. The van der Waals surface area contributed by atoms with E-state index in [4.69, 9.17) is 16.3 Å². The lowest BCUT2D eigenvalue weighted by Gasteiger charge is -2.23. The van der Waals surface area contributed by atoms with E-state index in [0.717, 1.165) is 16.6 Å². The van der Waals surface area contributed by atoms with Crippen molar-refractivity contribution in [3.05, 3.63) is 81.4 Å². The van der Waals surface area contributed by atoms with Gasteiger partial charge in [0.25, 0.3) is 11.8 Å². The van der Waals surface area contributed by atoms with Crippen molar-refractivity contribution in [3.63, 3.8) is 0 Å². The molecule has 1 unspecified atom stereocenters.